The first-order valence-corrected chi connectivity index (χ1v) is 6.08. The zero-order chi connectivity index (χ0) is 11.8. The first-order chi connectivity index (χ1) is 8.24. The summed E-state index contributed by atoms with van der Waals surface area (Å²) < 4.78 is 1.07. The van der Waals surface area contributed by atoms with E-state index < -0.39 is 0 Å². The van der Waals surface area contributed by atoms with Crippen LogP contribution in [-0.4, -0.2) is 11.7 Å². The number of carbonyl (C=O) groups is 1. The van der Waals surface area contributed by atoms with Crippen LogP contribution in [0.3, 0.4) is 0 Å². The number of amides is 2. The third-order valence-electron chi connectivity index (χ3n) is 2.81. The summed E-state index contributed by atoms with van der Waals surface area (Å²) in [6.07, 6.45) is 5.95. The van der Waals surface area contributed by atoms with E-state index >= 15 is 0 Å². The molecule has 2 amide bonds. The summed E-state index contributed by atoms with van der Waals surface area (Å²) in [7, 11) is 0. The lowest BCUT2D eigenvalue weighted by molar-refractivity contribution is 0.253. The van der Waals surface area contributed by atoms with E-state index in [0.29, 0.717) is 0 Å². The standard InChI is InChI=1S/C13H9BrN2O/c14-10-4-2-1-3-9(10)8-5-6-11-12(7-8)16-13(17)15-11/h1-8H,(H,16,17). The van der Waals surface area contributed by atoms with Crippen molar-refractivity contribution in [2.45, 2.75) is 5.92 Å². The number of urea groups is 1. The zero-order valence-corrected chi connectivity index (χ0v) is 10.4. The molecule has 1 atom stereocenters. The molecule has 1 aliphatic carbocycles. The lowest BCUT2D eigenvalue weighted by Crippen LogP contribution is -2.17. The monoisotopic (exact) mass is 288 g/mol. The highest BCUT2D eigenvalue weighted by Crippen LogP contribution is 2.30. The van der Waals surface area contributed by atoms with Crippen LogP contribution in [0, 0.1) is 0 Å². The minimum absolute atomic E-state index is 0.165. The molecule has 0 aromatic heterocycles. The van der Waals surface area contributed by atoms with Crippen molar-refractivity contribution in [3.05, 3.63) is 58.2 Å². The van der Waals surface area contributed by atoms with Gasteiger partial charge in [-0.05, 0) is 23.8 Å². The van der Waals surface area contributed by atoms with E-state index in [1.165, 1.54) is 5.56 Å². The highest BCUT2D eigenvalue weighted by atomic mass is 79.9. The van der Waals surface area contributed by atoms with Crippen molar-refractivity contribution >= 4 is 27.7 Å². The first kappa shape index (κ1) is 10.5. The quantitative estimate of drug-likeness (QED) is 0.847. The highest BCUT2D eigenvalue weighted by Gasteiger charge is 2.22. The number of aliphatic imine (C=N–C) groups is 1. The van der Waals surface area contributed by atoms with Gasteiger partial charge in [-0.25, -0.2) is 4.79 Å². The van der Waals surface area contributed by atoms with Crippen LogP contribution in [0.4, 0.5) is 4.79 Å². The van der Waals surface area contributed by atoms with Gasteiger partial charge in [0.05, 0.1) is 11.4 Å². The Morgan fingerprint density at radius 1 is 1.29 bits per heavy atom. The Labute approximate surface area is 107 Å². The van der Waals surface area contributed by atoms with Gasteiger partial charge in [-0.15, -0.1) is 0 Å². The van der Waals surface area contributed by atoms with Crippen molar-refractivity contribution in [2.75, 3.05) is 0 Å². The Morgan fingerprint density at radius 3 is 2.94 bits per heavy atom. The molecule has 0 radical (unpaired) electrons. The second-order valence-electron chi connectivity index (χ2n) is 3.91. The minimum Gasteiger partial charge on any atom is -0.304 e. The van der Waals surface area contributed by atoms with Gasteiger partial charge < -0.3 is 5.32 Å². The van der Waals surface area contributed by atoms with Gasteiger partial charge in [0.2, 0.25) is 0 Å². The number of hydrogen-bond acceptors (Lipinski definition) is 1. The Balaban J connectivity index is 1.99. The van der Waals surface area contributed by atoms with Gasteiger partial charge in [0.1, 0.15) is 0 Å². The molecule has 1 unspecified atom stereocenters. The molecule has 1 aromatic rings. The van der Waals surface area contributed by atoms with Crippen molar-refractivity contribution < 1.29 is 4.79 Å². The molecular weight excluding hydrogens is 280 g/mol. The van der Waals surface area contributed by atoms with Crippen LogP contribution in [0.1, 0.15) is 11.5 Å². The number of allylic oxidation sites excluding steroid dienone is 3. The first-order valence-electron chi connectivity index (χ1n) is 5.28. The molecule has 3 nitrogen and oxygen atoms in total. The Kier molecular flexibility index (Phi) is 2.44. The Morgan fingerprint density at radius 2 is 2.12 bits per heavy atom. The molecule has 4 heteroatoms. The summed E-state index contributed by atoms with van der Waals surface area (Å²) in [6, 6.07) is 7.78. The molecule has 3 rings (SSSR count). The van der Waals surface area contributed by atoms with E-state index in [9.17, 15) is 4.79 Å². The van der Waals surface area contributed by atoms with E-state index in [1.54, 1.807) is 0 Å². The number of benzene rings is 1. The van der Waals surface area contributed by atoms with Crippen LogP contribution >= 0.6 is 15.9 Å². The normalized spacial score (nSPS) is 21.7. The summed E-state index contributed by atoms with van der Waals surface area (Å²) in [5, 5.41) is 2.73. The van der Waals surface area contributed by atoms with Gasteiger partial charge in [0.25, 0.3) is 0 Å². The summed E-state index contributed by atoms with van der Waals surface area (Å²) in [5.41, 5.74) is 2.70. The van der Waals surface area contributed by atoms with Gasteiger partial charge in [-0.2, -0.15) is 4.99 Å². The Hall–Kier alpha value is -1.68. The number of nitrogens with zero attached hydrogens (tertiary/aromatic N) is 1. The number of halogens is 1. The zero-order valence-electron chi connectivity index (χ0n) is 8.85. The SMILES string of the molecule is O=C1N=C2C=CC(c3ccccc3Br)C=C2N1. The molecule has 84 valence electrons. The smallest absolute Gasteiger partial charge is 0.304 e. The maximum atomic E-state index is 11.1. The summed E-state index contributed by atoms with van der Waals surface area (Å²) in [5.74, 6) is 0.165. The van der Waals surface area contributed by atoms with Gasteiger partial charge in [0, 0.05) is 10.4 Å². The van der Waals surface area contributed by atoms with Crippen molar-refractivity contribution in [2.24, 2.45) is 4.99 Å². The molecule has 1 N–H and O–H groups in total. The fraction of sp³-hybridized carbons (Fsp3) is 0.0769. The molecule has 17 heavy (non-hydrogen) atoms. The fourth-order valence-electron chi connectivity index (χ4n) is 2.00. The van der Waals surface area contributed by atoms with Crippen LogP contribution in [0.15, 0.2) is 57.7 Å². The second kappa shape index (κ2) is 3.96. The van der Waals surface area contributed by atoms with E-state index in [-0.39, 0.29) is 11.9 Å². The predicted molar refractivity (Wildman–Crippen MR) is 70.1 cm³/mol. The number of hydrogen-bond donors (Lipinski definition) is 1. The predicted octanol–water partition coefficient (Wildman–Crippen LogP) is 3.15. The number of carbonyl (C=O) groups excluding carboxylic acids is 1. The maximum Gasteiger partial charge on any atom is 0.346 e. The average Bonchev–Trinajstić information content (AvgIpc) is 2.68. The van der Waals surface area contributed by atoms with Crippen LogP contribution in [0.25, 0.3) is 0 Å². The lowest BCUT2D eigenvalue weighted by atomic mass is 9.93. The summed E-state index contributed by atoms with van der Waals surface area (Å²) in [6.45, 7) is 0. The third kappa shape index (κ3) is 1.85. The molecule has 0 fully saturated rings. The van der Waals surface area contributed by atoms with E-state index in [2.05, 4.69) is 32.3 Å². The van der Waals surface area contributed by atoms with Crippen LogP contribution in [0.5, 0.6) is 0 Å². The van der Waals surface area contributed by atoms with Crippen molar-refractivity contribution in [3.8, 4) is 0 Å². The average molecular weight is 289 g/mol. The van der Waals surface area contributed by atoms with Crippen LogP contribution < -0.4 is 5.32 Å². The summed E-state index contributed by atoms with van der Waals surface area (Å²) in [4.78, 5) is 15.0. The van der Waals surface area contributed by atoms with Crippen LogP contribution in [-0.2, 0) is 0 Å². The summed E-state index contributed by atoms with van der Waals surface area (Å²) >= 11 is 3.54. The molecule has 0 spiro atoms. The van der Waals surface area contributed by atoms with E-state index in [1.807, 2.05) is 36.4 Å². The fourth-order valence-corrected chi connectivity index (χ4v) is 2.55. The third-order valence-corrected chi connectivity index (χ3v) is 3.53. The number of rotatable bonds is 1. The number of fused-ring (bicyclic) bond motifs is 1. The maximum absolute atomic E-state index is 11.1. The Bertz CT molecular complexity index is 587. The second-order valence-corrected chi connectivity index (χ2v) is 4.77. The molecule has 1 heterocycles. The molecule has 2 aliphatic rings. The van der Waals surface area contributed by atoms with Crippen molar-refractivity contribution in [3.63, 3.8) is 0 Å². The van der Waals surface area contributed by atoms with Crippen molar-refractivity contribution in [1.29, 1.82) is 0 Å². The van der Waals surface area contributed by atoms with Gasteiger partial charge in [0.15, 0.2) is 0 Å². The van der Waals surface area contributed by atoms with E-state index in [4.69, 9.17) is 0 Å². The molecular formula is C13H9BrN2O. The topological polar surface area (TPSA) is 41.5 Å². The van der Waals surface area contributed by atoms with Crippen molar-refractivity contribution in [1.82, 2.24) is 5.32 Å². The lowest BCUT2D eigenvalue weighted by Gasteiger charge is -2.15. The molecule has 0 bridgehead atoms. The van der Waals surface area contributed by atoms with Gasteiger partial charge >= 0.3 is 6.03 Å². The molecule has 1 aliphatic heterocycles. The van der Waals surface area contributed by atoms with Gasteiger partial charge in [-0.3, -0.25) is 0 Å². The molecule has 1 aromatic carbocycles. The highest BCUT2D eigenvalue weighted by molar-refractivity contribution is 9.10. The number of nitrogens with one attached hydrogen (secondary N) is 1. The minimum atomic E-state index is -0.288. The largest absolute Gasteiger partial charge is 0.346 e. The molecule has 0 saturated heterocycles. The van der Waals surface area contributed by atoms with E-state index in [0.717, 1.165) is 15.9 Å². The molecule has 0 saturated carbocycles. The van der Waals surface area contributed by atoms with Gasteiger partial charge in [-0.1, -0.05) is 40.2 Å². The van der Waals surface area contributed by atoms with Crippen LogP contribution in [0.2, 0.25) is 0 Å².